The lowest BCUT2D eigenvalue weighted by Crippen LogP contribution is -2.45. The zero-order valence-electron chi connectivity index (χ0n) is 24.2. The second-order valence-electron chi connectivity index (χ2n) is 11.2. The molecule has 218 valence electrons. The Labute approximate surface area is 243 Å². The molecular weight excluding hydrogens is 514 g/mol. The SMILES string of the molecule is CCNC(=O)NCc1cccc(-c2ccc(C3OC(CN4CCCCC4)C(C)C(c4ccc(CO)cc4)O3)cc2)c1. The van der Waals surface area contributed by atoms with E-state index in [2.05, 4.69) is 71.0 Å². The molecule has 2 aliphatic rings. The minimum Gasteiger partial charge on any atom is -0.392 e. The van der Waals surface area contributed by atoms with E-state index in [-0.39, 0.29) is 30.8 Å². The summed E-state index contributed by atoms with van der Waals surface area (Å²) < 4.78 is 13.3. The van der Waals surface area contributed by atoms with Crippen LogP contribution in [-0.4, -0.2) is 48.3 Å². The van der Waals surface area contributed by atoms with E-state index < -0.39 is 6.29 Å². The first-order chi connectivity index (χ1) is 20.0. The molecule has 2 amide bonds. The van der Waals surface area contributed by atoms with E-state index in [9.17, 15) is 9.90 Å². The van der Waals surface area contributed by atoms with Crippen LogP contribution in [0.1, 0.15) is 67.8 Å². The number of amides is 2. The van der Waals surface area contributed by atoms with E-state index >= 15 is 0 Å². The van der Waals surface area contributed by atoms with Crippen molar-refractivity contribution in [2.75, 3.05) is 26.2 Å². The Morgan fingerprint density at radius 3 is 2.32 bits per heavy atom. The highest BCUT2D eigenvalue weighted by molar-refractivity contribution is 5.73. The Kier molecular flexibility index (Phi) is 10.1. The lowest BCUT2D eigenvalue weighted by atomic mass is 9.89. The number of hydrogen-bond acceptors (Lipinski definition) is 5. The fourth-order valence-electron chi connectivity index (χ4n) is 5.82. The first-order valence-corrected chi connectivity index (χ1v) is 15.0. The molecule has 0 spiro atoms. The van der Waals surface area contributed by atoms with Gasteiger partial charge in [-0.15, -0.1) is 0 Å². The number of aliphatic hydroxyl groups is 1. The summed E-state index contributed by atoms with van der Waals surface area (Å²) >= 11 is 0. The molecule has 41 heavy (non-hydrogen) atoms. The first-order valence-electron chi connectivity index (χ1n) is 15.0. The Hall–Kier alpha value is -3.23. The molecular formula is C34H43N3O4. The highest BCUT2D eigenvalue weighted by Gasteiger charge is 2.39. The van der Waals surface area contributed by atoms with Crippen molar-refractivity contribution in [1.82, 2.24) is 15.5 Å². The van der Waals surface area contributed by atoms with Crippen LogP contribution in [0.3, 0.4) is 0 Å². The van der Waals surface area contributed by atoms with Gasteiger partial charge in [0.15, 0.2) is 6.29 Å². The number of rotatable bonds is 9. The minimum absolute atomic E-state index is 0.0324. The van der Waals surface area contributed by atoms with Crippen LogP contribution in [0.5, 0.6) is 0 Å². The second-order valence-corrected chi connectivity index (χ2v) is 11.2. The number of hydrogen-bond donors (Lipinski definition) is 3. The lowest BCUT2D eigenvalue weighted by molar-refractivity contribution is -0.276. The molecule has 7 nitrogen and oxygen atoms in total. The molecule has 4 atom stereocenters. The number of carbonyl (C=O) groups excluding carboxylic acids is 1. The van der Waals surface area contributed by atoms with Crippen LogP contribution in [0.25, 0.3) is 11.1 Å². The number of piperidine rings is 1. The molecule has 0 radical (unpaired) electrons. The van der Waals surface area contributed by atoms with Gasteiger partial charge >= 0.3 is 6.03 Å². The van der Waals surface area contributed by atoms with Gasteiger partial charge in [0.05, 0.1) is 18.8 Å². The molecule has 7 heteroatoms. The van der Waals surface area contributed by atoms with Gasteiger partial charge in [-0.25, -0.2) is 4.79 Å². The summed E-state index contributed by atoms with van der Waals surface area (Å²) in [6, 6.07) is 24.6. The number of benzene rings is 3. The summed E-state index contributed by atoms with van der Waals surface area (Å²) in [7, 11) is 0. The maximum Gasteiger partial charge on any atom is 0.315 e. The summed E-state index contributed by atoms with van der Waals surface area (Å²) in [5.74, 6) is 0.184. The molecule has 0 aromatic heterocycles. The van der Waals surface area contributed by atoms with Crippen LogP contribution in [0.15, 0.2) is 72.8 Å². The molecule has 2 heterocycles. The fraction of sp³-hybridized carbons (Fsp3) is 0.441. The lowest BCUT2D eigenvalue weighted by Gasteiger charge is -2.43. The molecule has 0 bridgehead atoms. The number of ether oxygens (including phenoxy) is 2. The maximum atomic E-state index is 11.8. The number of urea groups is 1. The minimum atomic E-state index is -0.467. The standard InChI is InChI=1S/C34H43N3O4/c1-3-35-34(39)36-21-26-8-7-9-30(20-26)27-14-16-29(17-15-27)33-40-31(22-37-18-5-4-6-19-37)24(2)32(41-33)28-12-10-25(23-38)11-13-28/h7-17,20,24,31-33,38H,3-6,18-19,21-23H2,1-2H3,(H2,35,36,39). The van der Waals surface area contributed by atoms with Gasteiger partial charge in [-0.05, 0) is 66.7 Å². The van der Waals surface area contributed by atoms with Gasteiger partial charge in [-0.2, -0.15) is 0 Å². The van der Waals surface area contributed by atoms with Gasteiger partial charge in [0.2, 0.25) is 0 Å². The van der Waals surface area contributed by atoms with Crippen LogP contribution in [0.4, 0.5) is 4.79 Å². The Balaban J connectivity index is 1.33. The van der Waals surface area contributed by atoms with Gasteiger partial charge in [0, 0.05) is 31.1 Å². The van der Waals surface area contributed by atoms with Crippen molar-refractivity contribution >= 4 is 6.03 Å². The third kappa shape index (κ3) is 7.54. The van der Waals surface area contributed by atoms with Gasteiger partial charge in [-0.1, -0.05) is 80.1 Å². The summed E-state index contributed by atoms with van der Waals surface area (Å²) in [5, 5.41) is 15.2. The number of nitrogens with zero attached hydrogens (tertiary/aromatic N) is 1. The van der Waals surface area contributed by atoms with Crippen LogP contribution in [0, 0.1) is 5.92 Å². The summed E-state index contributed by atoms with van der Waals surface area (Å²) in [6.45, 7) is 8.39. The monoisotopic (exact) mass is 557 g/mol. The van der Waals surface area contributed by atoms with E-state index in [1.54, 1.807) is 0 Å². The quantitative estimate of drug-likeness (QED) is 0.303. The predicted molar refractivity (Wildman–Crippen MR) is 161 cm³/mol. The molecule has 3 aromatic carbocycles. The van der Waals surface area contributed by atoms with Crippen molar-refractivity contribution in [2.45, 2.75) is 64.8 Å². The van der Waals surface area contributed by atoms with Gasteiger partial charge in [0.1, 0.15) is 0 Å². The third-order valence-electron chi connectivity index (χ3n) is 8.24. The van der Waals surface area contributed by atoms with Crippen molar-refractivity contribution in [3.8, 4) is 11.1 Å². The predicted octanol–water partition coefficient (Wildman–Crippen LogP) is 5.94. The Morgan fingerprint density at radius 1 is 0.878 bits per heavy atom. The molecule has 2 fully saturated rings. The fourth-order valence-corrected chi connectivity index (χ4v) is 5.82. The van der Waals surface area contributed by atoms with Gasteiger partial charge < -0.3 is 30.1 Å². The van der Waals surface area contributed by atoms with E-state index in [4.69, 9.17) is 9.47 Å². The van der Waals surface area contributed by atoms with Crippen molar-refractivity contribution in [3.05, 3.63) is 95.1 Å². The van der Waals surface area contributed by atoms with Crippen molar-refractivity contribution in [3.63, 3.8) is 0 Å². The van der Waals surface area contributed by atoms with E-state index in [1.807, 2.05) is 31.2 Å². The largest absolute Gasteiger partial charge is 0.392 e. The molecule has 5 rings (SSSR count). The summed E-state index contributed by atoms with van der Waals surface area (Å²) in [4.78, 5) is 14.3. The van der Waals surface area contributed by atoms with Crippen molar-refractivity contribution in [1.29, 1.82) is 0 Å². The van der Waals surface area contributed by atoms with E-state index in [0.29, 0.717) is 13.1 Å². The van der Waals surface area contributed by atoms with Crippen molar-refractivity contribution < 1.29 is 19.4 Å². The number of aliphatic hydroxyl groups excluding tert-OH is 1. The smallest absolute Gasteiger partial charge is 0.315 e. The molecule has 2 saturated heterocycles. The van der Waals surface area contributed by atoms with E-state index in [0.717, 1.165) is 53.0 Å². The normalized spacial score (nSPS) is 23.2. The first kappa shape index (κ1) is 29.3. The molecule has 2 aliphatic heterocycles. The Morgan fingerprint density at radius 2 is 1.61 bits per heavy atom. The average molecular weight is 558 g/mol. The zero-order valence-corrected chi connectivity index (χ0v) is 24.2. The van der Waals surface area contributed by atoms with Gasteiger partial charge in [-0.3, -0.25) is 0 Å². The average Bonchev–Trinajstić information content (AvgIpc) is 3.02. The molecule has 0 saturated carbocycles. The molecule has 0 aliphatic carbocycles. The number of nitrogens with one attached hydrogen (secondary N) is 2. The summed E-state index contributed by atoms with van der Waals surface area (Å²) in [5.41, 5.74) is 6.24. The number of likely N-dealkylation sites (tertiary alicyclic amines) is 1. The topological polar surface area (TPSA) is 83.1 Å². The number of carbonyl (C=O) groups is 1. The summed E-state index contributed by atoms with van der Waals surface area (Å²) in [6.07, 6.45) is 3.27. The van der Waals surface area contributed by atoms with Crippen LogP contribution < -0.4 is 10.6 Å². The van der Waals surface area contributed by atoms with E-state index in [1.165, 1.54) is 19.3 Å². The van der Waals surface area contributed by atoms with Crippen LogP contribution in [-0.2, 0) is 22.6 Å². The Bertz CT molecular complexity index is 1260. The van der Waals surface area contributed by atoms with Crippen LogP contribution in [0.2, 0.25) is 0 Å². The van der Waals surface area contributed by atoms with Gasteiger partial charge in [0.25, 0.3) is 0 Å². The molecule has 3 aromatic rings. The third-order valence-corrected chi connectivity index (χ3v) is 8.24. The molecule has 3 N–H and O–H groups in total. The maximum absolute atomic E-state index is 11.8. The molecule has 4 unspecified atom stereocenters. The highest BCUT2D eigenvalue weighted by Crippen LogP contribution is 2.42. The zero-order chi connectivity index (χ0) is 28.6. The van der Waals surface area contributed by atoms with Crippen molar-refractivity contribution in [2.24, 2.45) is 5.92 Å². The second kappa shape index (κ2) is 14.1. The highest BCUT2D eigenvalue weighted by atomic mass is 16.7. The van der Waals surface area contributed by atoms with Crippen LogP contribution >= 0.6 is 0 Å².